The molecule has 0 aliphatic carbocycles. The van der Waals surface area contributed by atoms with Crippen LogP contribution in [0.5, 0.6) is 0 Å². The topological polar surface area (TPSA) is 0 Å². The first-order valence-electron chi connectivity index (χ1n) is 0. The largest absolute Gasteiger partial charge is 3.00 e. The van der Waals surface area contributed by atoms with Crippen molar-refractivity contribution in [2.24, 2.45) is 0 Å². The minimum absolute atomic E-state index is 0. The van der Waals surface area contributed by atoms with E-state index in [9.17, 15) is 0 Å². The molecule has 0 unspecified atom stereocenters. The van der Waals surface area contributed by atoms with Crippen molar-refractivity contribution in [2.45, 2.75) is 0 Å². The molecule has 0 nitrogen and oxygen atoms in total. The monoisotopic (exact) mass is 498 g/mol. The van der Waals surface area contributed by atoms with Gasteiger partial charge in [0.1, 0.15) is 0 Å². The van der Waals surface area contributed by atoms with Crippen LogP contribution in [0.15, 0.2) is 0 Å². The van der Waals surface area contributed by atoms with Gasteiger partial charge in [-0.25, -0.2) is 0 Å². The van der Waals surface area contributed by atoms with Gasteiger partial charge in [0, 0.05) is 0 Å². The Labute approximate surface area is 154 Å². The molecule has 1 radical (unpaired) electrons. The van der Waals surface area contributed by atoms with Crippen LogP contribution in [-0.4, -0.2) is 0 Å². The van der Waals surface area contributed by atoms with E-state index in [1.165, 1.54) is 0 Å². The molecule has 0 aliphatic rings. The van der Waals surface area contributed by atoms with E-state index in [2.05, 4.69) is 0 Å². The zero-order valence-corrected chi connectivity index (χ0v) is 12.6. The fourth-order valence-electron chi connectivity index (χ4n) is 0. The molecule has 0 saturated heterocycles. The summed E-state index contributed by atoms with van der Waals surface area (Å²) in [6.07, 6.45) is 0. The molecular weight excluding hydrogens is 502 g/mol. The van der Waals surface area contributed by atoms with Crippen LogP contribution in [0.25, 0.3) is 0 Å². The molecule has 0 aromatic rings. The first-order chi connectivity index (χ1) is 0. The summed E-state index contributed by atoms with van der Waals surface area (Å²) >= 11 is 0. The van der Waals surface area contributed by atoms with E-state index >= 15 is 0 Å². The summed E-state index contributed by atoms with van der Waals surface area (Å²) in [6, 6.07) is 0. The standard InChI is InChI=1S/5Cu.Fe.4S/q5*+1;+3;4*-2. The van der Waals surface area contributed by atoms with E-state index in [0.717, 1.165) is 0 Å². The zero-order valence-electron chi connectivity index (χ0n) is 3.49. The summed E-state index contributed by atoms with van der Waals surface area (Å²) in [5.74, 6) is 0. The molecule has 0 rings (SSSR count). The molecule has 0 saturated carbocycles. The minimum Gasteiger partial charge on any atom is -2.00 e. The second-order valence-electron chi connectivity index (χ2n) is 0. The number of rotatable bonds is 0. The van der Waals surface area contributed by atoms with Crippen molar-refractivity contribution in [2.75, 3.05) is 0 Å². The molecule has 0 N–H and O–H groups in total. The van der Waals surface area contributed by atoms with Crippen LogP contribution in [0.4, 0.5) is 0 Å². The van der Waals surface area contributed by atoms with Gasteiger partial charge >= 0.3 is 102 Å². The molecule has 0 amide bonds. The van der Waals surface area contributed by atoms with Crippen LogP contribution in [-0.2, 0) is 156 Å². The van der Waals surface area contributed by atoms with Crippen LogP contribution in [0, 0.1) is 0 Å². The average molecular weight is 502 g/mol. The maximum Gasteiger partial charge on any atom is 3.00 e. The van der Waals surface area contributed by atoms with E-state index in [1.807, 2.05) is 0 Å². The normalized spacial score (nSPS) is 0. The zero-order chi connectivity index (χ0) is 0. The minimum atomic E-state index is 0. The quantitative estimate of drug-likeness (QED) is 0.409. The fraction of sp³-hybridized carbons (Fsp3) is 0. The van der Waals surface area contributed by atoms with Gasteiger partial charge in [-0.15, -0.1) is 0 Å². The van der Waals surface area contributed by atoms with Crippen LogP contribution < -0.4 is 0 Å². The first kappa shape index (κ1) is 130. The van der Waals surface area contributed by atoms with Gasteiger partial charge in [0.05, 0.1) is 0 Å². The smallest absolute Gasteiger partial charge is 2.00 e. The maximum absolute atomic E-state index is 0. The van der Waals surface area contributed by atoms with Gasteiger partial charge in [-0.3, -0.25) is 0 Å². The Morgan fingerprint density at radius 3 is 0.300 bits per heavy atom. The maximum atomic E-state index is 0. The van der Waals surface area contributed by atoms with Crippen LogP contribution >= 0.6 is 0 Å². The molecule has 0 aliphatic heterocycles. The van der Waals surface area contributed by atoms with Crippen molar-refractivity contribution in [1.29, 1.82) is 0 Å². The van der Waals surface area contributed by atoms with Gasteiger partial charge in [-0.2, -0.15) is 0 Å². The molecule has 87 valence electrons. The molecular formula is Cu5FeS4. The molecule has 0 atom stereocenters. The van der Waals surface area contributed by atoms with Crippen molar-refractivity contribution >= 4 is 54.0 Å². The third-order valence-corrected chi connectivity index (χ3v) is 0. The van der Waals surface area contributed by atoms with E-state index < -0.39 is 0 Å². The molecule has 10 heteroatoms. The van der Waals surface area contributed by atoms with E-state index in [4.69, 9.17) is 0 Å². The van der Waals surface area contributed by atoms with Crippen molar-refractivity contribution in [3.05, 3.63) is 0 Å². The molecule has 0 spiro atoms. The average Bonchev–Trinajstić information content (AvgIpc) is 0. The Hall–Kier alpha value is 4.52. The Morgan fingerprint density at radius 1 is 0.300 bits per heavy atom. The Morgan fingerprint density at radius 2 is 0.300 bits per heavy atom. The van der Waals surface area contributed by atoms with Crippen molar-refractivity contribution in [3.8, 4) is 0 Å². The van der Waals surface area contributed by atoms with E-state index in [-0.39, 0.29) is 156 Å². The van der Waals surface area contributed by atoms with Crippen molar-refractivity contribution < 1.29 is 102 Å². The molecule has 0 aromatic carbocycles. The second-order valence-corrected chi connectivity index (χ2v) is 0. The predicted octanol–water partition coefficient (Wildman–Crippen LogP) is -0.0246. The molecule has 10 heavy (non-hydrogen) atoms. The third kappa shape index (κ3) is 81.4. The van der Waals surface area contributed by atoms with Crippen LogP contribution in [0.1, 0.15) is 0 Å². The molecule has 0 aromatic heterocycles. The van der Waals surface area contributed by atoms with Gasteiger partial charge in [-0.05, 0) is 0 Å². The summed E-state index contributed by atoms with van der Waals surface area (Å²) in [6.45, 7) is 0. The molecule has 0 fully saturated rings. The number of hydrogen-bond donors (Lipinski definition) is 0. The predicted molar refractivity (Wildman–Crippen MR) is 29.5 cm³/mol. The Balaban J connectivity index is 0. The van der Waals surface area contributed by atoms with E-state index in [0.29, 0.717) is 0 Å². The van der Waals surface area contributed by atoms with Crippen LogP contribution in [0.2, 0.25) is 0 Å². The summed E-state index contributed by atoms with van der Waals surface area (Å²) in [7, 11) is 0. The van der Waals surface area contributed by atoms with Crippen molar-refractivity contribution in [1.82, 2.24) is 0 Å². The Kier molecular flexibility index (Phi) is 1350. The summed E-state index contributed by atoms with van der Waals surface area (Å²) in [5.41, 5.74) is 0. The van der Waals surface area contributed by atoms with Gasteiger partial charge in [0.25, 0.3) is 0 Å². The molecule has 0 bridgehead atoms. The fourth-order valence-corrected chi connectivity index (χ4v) is 0. The summed E-state index contributed by atoms with van der Waals surface area (Å²) in [5, 5.41) is 0. The summed E-state index contributed by atoms with van der Waals surface area (Å²) in [4.78, 5) is 0. The van der Waals surface area contributed by atoms with E-state index in [1.54, 1.807) is 0 Å². The van der Waals surface area contributed by atoms with Crippen LogP contribution in [0.3, 0.4) is 0 Å². The second kappa shape index (κ2) is 104. The van der Waals surface area contributed by atoms with Gasteiger partial charge in [-0.1, -0.05) is 0 Å². The van der Waals surface area contributed by atoms with Gasteiger partial charge in [0.2, 0.25) is 0 Å². The molecule has 0 heterocycles. The SMILES string of the molecule is [Cu+].[Cu+].[Cu+].[Cu+].[Cu+].[Fe+3].[S-2].[S-2].[S-2].[S-2]. The van der Waals surface area contributed by atoms with Gasteiger partial charge < -0.3 is 54.0 Å². The third-order valence-electron chi connectivity index (χ3n) is 0. The first-order valence-corrected chi connectivity index (χ1v) is 0. The number of hydrogen-bond acceptors (Lipinski definition) is 0. The Bertz CT molecular complexity index is 13.6. The van der Waals surface area contributed by atoms with Crippen molar-refractivity contribution in [3.63, 3.8) is 0 Å². The van der Waals surface area contributed by atoms with Gasteiger partial charge in [0.15, 0.2) is 0 Å². The summed E-state index contributed by atoms with van der Waals surface area (Å²) < 4.78 is 0.